The molecule has 0 radical (unpaired) electrons. The number of rotatable bonds is 4. The summed E-state index contributed by atoms with van der Waals surface area (Å²) in [5.41, 5.74) is 5.74. The van der Waals surface area contributed by atoms with Gasteiger partial charge in [0.15, 0.2) is 0 Å². The lowest BCUT2D eigenvalue weighted by molar-refractivity contribution is -0.158. The fourth-order valence-corrected chi connectivity index (χ4v) is 5.90. The van der Waals surface area contributed by atoms with E-state index in [0.717, 1.165) is 41.4 Å². The van der Waals surface area contributed by atoms with E-state index in [9.17, 15) is 9.59 Å². The molecule has 1 N–H and O–H groups in total. The van der Waals surface area contributed by atoms with Gasteiger partial charge >= 0.3 is 0 Å². The third-order valence-electron chi connectivity index (χ3n) is 7.55. The number of nitrogens with one attached hydrogen (secondary N) is 1. The molecule has 2 amide bonds. The molecule has 5 nitrogen and oxygen atoms in total. The maximum absolute atomic E-state index is 13.7. The van der Waals surface area contributed by atoms with E-state index in [2.05, 4.69) is 35.3 Å². The number of carbonyl (C=O) groups excluding carboxylic acids is 2. The van der Waals surface area contributed by atoms with E-state index in [4.69, 9.17) is 0 Å². The first kappa shape index (κ1) is 20.3. The van der Waals surface area contributed by atoms with Crippen LogP contribution in [0.15, 0.2) is 66.2 Å². The molecule has 6 rings (SSSR count). The molecular formula is C28H29N3O2. The van der Waals surface area contributed by atoms with Crippen LogP contribution >= 0.6 is 0 Å². The van der Waals surface area contributed by atoms with Crippen molar-refractivity contribution in [2.75, 3.05) is 13.1 Å². The number of fused-ring (bicyclic) bond motifs is 4. The smallest absolute Gasteiger partial charge is 0.246 e. The van der Waals surface area contributed by atoms with Crippen LogP contribution < -0.4 is 0 Å². The van der Waals surface area contributed by atoms with Crippen LogP contribution in [0, 0.1) is 0 Å². The number of H-pyrrole nitrogens is 1. The van der Waals surface area contributed by atoms with Crippen LogP contribution in [0.2, 0.25) is 0 Å². The number of benzene rings is 2. The average molecular weight is 440 g/mol. The number of nitrogens with zero attached hydrogens (tertiary/aromatic N) is 2. The minimum atomic E-state index is -0.455. The van der Waals surface area contributed by atoms with E-state index in [1.54, 1.807) is 4.90 Å². The van der Waals surface area contributed by atoms with E-state index >= 15 is 0 Å². The van der Waals surface area contributed by atoms with Crippen molar-refractivity contribution in [2.24, 2.45) is 0 Å². The molecule has 3 aliphatic rings. The standard InChI is InChI=1S/C28H29N3O2/c32-25-18-30(16-15-19-9-3-1-4-10-19)28(33)24-17-22-21-13-7-8-14-23(21)29-26(22)27(31(24)25)20-11-5-2-6-12-20/h2,5-9,11-14,24,27,29H,1,3-4,10,15-18H2/t24-,27+/m0/s1. The van der Waals surface area contributed by atoms with Crippen LogP contribution in [0.5, 0.6) is 0 Å². The highest BCUT2D eigenvalue weighted by molar-refractivity contribution is 5.97. The lowest BCUT2D eigenvalue weighted by atomic mass is 9.86. The summed E-state index contributed by atoms with van der Waals surface area (Å²) in [4.78, 5) is 34.5. The second-order valence-corrected chi connectivity index (χ2v) is 9.51. The zero-order chi connectivity index (χ0) is 22.4. The predicted molar refractivity (Wildman–Crippen MR) is 129 cm³/mol. The Morgan fingerprint density at radius 1 is 0.970 bits per heavy atom. The van der Waals surface area contributed by atoms with Crippen molar-refractivity contribution in [3.05, 3.63) is 83.1 Å². The summed E-state index contributed by atoms with van der Waals surface area (Å²) in [5, 5.41) is 1.15. The molecule has 2 aromatic carbocycles. The lowest BCUT2D eigenvalue weighted by Gasteiger charge is -2.47. The second kappa shape index (κ2) is 8.22. The van der Waals surface area contributed by atoms with Gasteiger partial charge in [0.05, 0.1) is 12.6 Å². The zero-order valence-corrected chi connectivity index (χ0v) is 18.8. The first-order valence-corrected chi connectivity index (χ1v) is 12.1. The van der Waals surface area contributed by atoms with Crippen molar-refractivity contribution in [3.63, 3.8) is 0 Å². The molecule has 0 saturated carbocycles. The van der Waals surface area contributed by atoms with E-state index in [1.807, 2.05) is 35.2 Å². The van der Waals surface area contributed by atoms with E-state index in [-0.39, 0.29) is 24.4 Å². The summed E-state index contributed by atoms with van der Waals surface area (Å²) in [6.07, 6.45) is 8.53. The Kier molecular flexibility index (Phi) is 5.05. The number of allylic oxidation sites excluding steroid dienone is 1. The Balaban J connectivity index is 1.38. The van der Waals surface area contributed by atoms with Crippen LogP contribution in [0.4, 0.5) is 0 Å². The van der Waals surface area contributed by atoms with Gasteiger partial charge in [-0.05, 0) is 49.3 Å². The van der Waals surface area contributed by atoms with Gasteiger partial charge in [-0.15, -0.1) is 0 Å². The Hall–Kier alpha value is -3.34. The molecule has 0 bridgehead atoms. The summed E-state index contributed by atoms with van der Waals surface area (Å²) in [6.45, 7) is 0.805. The maximum Gasteiger partial charge on any atom is 0.246 e. The van der Waals surface area contributed by atoms with Gasteiger partial charge < -0.3 is 14.8 Å². The van der Waals surface area contributed by atoms with Gasteiger partial charge in [0, 0.05) is 29.6 Å². The van der Waals surface area contributed by atoms with Crippen molar-refractivity contribution < 1.29 is 9.59 Å². The second-order valence-electron chi connectivity index (χ2n) is 9.51. The summed E-state index contributed by atoms with van der Waals surface area (Å²) in [5.74, 6) is 0.123. The number of aromatic amines is 1. The largest absolute Gasteiger partial charge is 0.356 e. The molecule has 1 aromatic heterocycles. The van der Waals surface area contributed by atoms with Gasteiger partial charge in [0.25, 0.3) is 0 Å². The van der Waals surface area contributed by atoms with Crippen molar-refractivity contribution >= 4 is 22.7 Å². The fraction of sp³-hybridized carbons (Fsp3) is 0.357. The zero-order valence-electron chi connectivity index (χ0n) is 18.8. The third kappa shape index (κ3) is 3.47. The van der Waals surface area contributed by atoms with Gasteiger partial charge in [0.2, 0.25) is 11.8 Å². The molecular weight excluding hydrogens is 410 g/mol. The monoisotopic (exact) mass is 439 g/mol. The van der Waals surface area contributed by atoms with Crippen molar-refractivity contribution in [2.45, 2.75) is 50.6 Å². The van der Waals surface area contributed by atoms with Crippen LogP contribution in [0.25, 0.3) is 10.9 Å². The van der Waals surface area contributed by atoms with E-state index < -0.39 is 6.04 Å². The Morgan fingerprint density at radius 2 is 1.79 bits per heavy atom. The van der Waals surface area contributed by atoms with Gasteiger partial charge in [0.1, 0.15) is 6.04 Å². The number of hydrogen-bond donors (Lipinski definition) is 1. The lowest BCUT2D eigenvalue weighted by Crippen LogP contribution is -2.63. The maximum atomic E-state index is 13.7. The Morgan fingerprint density at radius 3 is 2.61 bits per heavy atom. The Labute approximate surface area is 194 Å². The van der Waals surface area contributed by atoms with Crippen LogP contribution in [0.3, 0.4) is 0 Å². The summed E-state index contributed by atoms with van der Waals surface area (Å²) >= 11 is 0. The fourth-order valence-electron chi connectivity index (χ4n) is 5.90. The molecule has 2 aliphatic heterocycles. The normalized spacial score (nSPS) is 22.8. The van der Waals surface area contributed by atoms with Crippen LogP contribution in [-0.4, -0.2) is 45.7 Å². The summed E-state index contributed by atoms with van der Waals surface area (Å²) in [7, 11) is 0. The van der Waals surface area contributed by atoms with Gasteiger partial charge in [-0.25, -0.2) is 0 Å². The van der Waals surface area contributed by atoms with Crippen molar-refractivity contribution in [1.82, 2.24) is 14.8 Å². The molecule has 1 fully saturated rings. The van der Waals surface area contributed by atoms with E-state index in [1.165, 1.54) is 24.0 Å². The number of aromatic nitrogens is 1. The molecule has 0 spiro atoms. The van der Waals surface area contributed by atoms with Crippen LogP contribution in [0.1, 0.15) is 55.0 Å². The number of amides is 2. The third-order valence-corrected chi connectivity index (χ3v) is 7.55. The molecule has 1 saturated heterocycles. The van der Waals surface area contributed by atoms with Crippen molar-refractivity contribution in [1.29, 1.82) is 0 Å². The predicted octanol–water partition coefficient (Wildman–Crippen LogP) is 4.74. The molecule has 5 heteroatoms. The first-order chi connectivity index (χ1) is 16.2. The Bertz CT molecular complexity index is 1240. The van der Waals surface area contributed by atoms with Gasteiger partial charge in [-0.3, -0.25) is 9.59 Å². The SMILES string of the molecule is O=C1[C@@H]2Cc3c([nH]c4ccccc34)[C@@H](c3ccccc3)N2C(=O)CN1CCC1=CCCCC1. The molecule has 168 valence electrons. The van der Waals surface area contributed by atoms with Gasteiger partial charge in [-0.2, -0.15) is 0 Å². The number of piperazine rings is 1. The first-order valence-electron chi connectivity index (χ1n) is 12.1. The summed E-state index contributed by atoms with van der Waals surface area (Å²) in [6, 6.07) is 17.6. The number of hydrogen-bond acceptors (Lipinski definition) is 2. The van der Waals surface area contributed by atoms with E-state index in [0.29, 0.717) is 13.0 Å². The molecule has 2 atom stereocenters. The molecule has 33 heavy (non-hydrogen) atoms. The highest BCUT2D eigenvalue weighted by Gasteiger charge is 2.48. The molecule has 0 unspecified atom stereocenters. The molecule has 3 aromatic rings. The van der Waals surface area contributed by atoms with Gasteiger partial charge in [-0.1, -0.05) is 60.2 Å². The molecule has 3 heterocycles. The quantitative estimate of drug-likeness (QED) is 0.597. The van der Waals surface area contributed by atoms with Crippen molar-refractivity contribution in [3.8, 4) is 0 Å². The topological polar surface area (TPSA) is 56.4 Å². The van der Waals surface area contributed by atoms with Crippen LogP contribution in [-0.2, 0) is 16.0 Å². The summed E-state index contributed by atoms with van der Waals surface area (Å²) < 4.78 is 0. The average Bonchev–Trinajstić information content (AvgIpc) is 3.23. The number of carbonyl (C=O) groups is 2. The molecule has 1 aliphatic carbocycles. The minimum Gasteiger partial charge on any atom is -0.356 e. The highest BCUT2D eigenvalue weighted by atomic mass is 16.2. The number of para-hydroxylation sites is 1. The highest BCUT2D eigenvalue weighted by Crippen LogP contribution is 2.42. The minimum absolute atomic E-state index is 0.0374.